The summed E-state index contributed by atoms with van der Waals surface area (Å²) >= 11 is 0. The average molecular weight is 299 g/mol. The minimum Gasteiger partial charge on any atom is -0.387 e. The lowest BCUT2D eigenvalue weighted by Gasteiger charge is -2.18. The molecule has 6 heteroatoms. The summed E-state index contributed by atoms with van der Waals surface area (Å²) in [6.07, 6.45) is 5.14. The average Bonchev–Trinajstić information content (AvgIpc) is 3.07. The molecule has 0 aromatic carbocycles. The zero-order valence-corrected chi connectivity index (χ0v) is 12.7. The van der Waals surface area contributed by atoms with E-state index in [-0.39, 0.29) is 0 Å². The van der Waals surface area contributed by atoms with Crippen molar-refractivity contribution in [3.8, 4) is 0 Å². The molecular weight excluding hydrogens is 278 g/mol. The summed E-state index contributed by atoms with van der Waals surface area (Å²) in [5, 5.41) is 13.4. The lowest BCUT2D eigenvalue weighted by molar-refractivity contribution is 0.191. The standard InChI is InChI=1S/C16H21N5O/c1-12-9-15(20-16(19-12)21-7-2-3-8-21)18-11-14(22)13-5-4-6-17-10-13/h4-6,9-10,14,22H,2-3,7-8,11H2,1H3,(H,18,19,20)/t14-/m1/s1. The Labute approximate surface area is 130 Å². The Bertz CT molecular complexity index is 613. The maximum Gasteiger partial charge on any atom is 0.227 e. The van der Waals surface area contributed by atoms with E-state index >= 15 is 0 Å². The number of aryl methyl sites for hydroxylation is 1. The Morgan fingerprint density at radius 1 is 1.32 bits per heavy atom. The van der Waals surface area contributed by atoms with Gasteiger partial charge in [0.2, 0.25) is 5.95 Å². The molecule has 0 bridgehead atoms. The molecule has 0 spiro atoms. The van der Waals surface area contributed by atoms with Crippen LogP contribution in [0, 0.1) is 6.92 Å². The van der Waals surface area contributed by atoms with Gasteiger partial charge in [0, 0.05) is 49.4 Å². The number of rotatable bonds is 5. The van der Waals surface area contributed by atoms with Gasteiger partial charge >= 0.3 is 0 Å². The van der Waals surface area contributed by atoms with Gasteiger partial charge in [0.05, 0.1) is 6.10 Å². The fraction of sp³-hybridized carbons (Fsp3) is 0.438. The molecule has 1 aliphatic rings. The molecule has 6 nitrogen and oxygen atoms in total. The SMILES string of the molecule is Cc1cc(NC[C@@H](O)c2cccnc2)nc(N2CCCC2)n1. The van der Waals surface area contributed by atoms with Crippen molar-refractivity contribution in [2.45, 2.75) is 25.9 Å². The Kier molecular flexibility index (Phi) is 4.48. The summed E-state index contributed by atoms with van der Waals surface area (Å²) in [5.74, 6) is 1.52. The number of anilines is 2. The predicted molar refractivity (Wildman–Crippen MR) is 85.9 cm³/mol. The van der Waals surface area contributed by atoms with Gasteiger partial charge in [-0.2, -0.15) is 4.98 Å². The van der Waals surface area contributed by atoms with E-state index in [0.717, 1.165) is 36.1 Å². The fourth-order valence-electron chi connectivity index (χ4n) is 2.59. The first-order valence-electron chi connectivity index (χ1n) is 7.65. The first kappa shape index (κ1) is 14.7. The van der Waals surface area contributed by atoms with Crippen LogP contribution in [-0.2, 0) is 0 Å². The maximum absolute atomic E-state index is 10.2. The van der Waals surface area contributed by atoms with Crippen molar-refractivity contribution in [3.63, 3.8) is 0 Å². The van der Waals surface area contributed by atoms with E-state index in [2.05, 4.69) is 25.2 Å². The van der Waals surface area contributed by atoms with E-state index in [1.807, 2.05) is 25.1 Å². The predicted octanol–water partition coefficient (Wildman–Crippen LogP) is 1.93. The van der Waals surface area contributed by atoms with E-state index in [0.29, 0.717) is 6.54 Å². The summed E-state index contributed by atoms with van der Waals surface area (Å²) in [6.45, 7) is 4.38. The quantitative estimate of drug-likeness (QED) is 0.879. The van der Waals surface area contributed by atoms with Crippen LogP contribution in [-0.4, -0.2) is 39.7 Å². The van der Waals surface area contributed by atoms with Crippen LogP contribution in [0.5, 0.6) is 0 Å². The molecule has 1 aliphatic heterocycles. The molecule has 1 atom stereocenters. The van der Waals surface area contributed by atoms with Crippen LogP contribution in [0.3, 0.4) is 0 Å². The van der Waals surface area contributed by atoms with Gasteiger partial charge in [-0.15, -0.1) is 0 Å². The van der Waals surface area contributed by atoms with E-state index in [4.69, 9.17) is 0 Å². The molecule has 0 saturated carbocycles. The first-order chi connectivity index (χ1) is 10.7. The molecule has 1 saturated heterocycles. The van der Waals surface area contributed by atoms with E-state index in [1.54, 1.807) is 12.4 Å². The molecule has 3 heterocycles. The number of aromatic nitrogens is 3. The van der Waals surface area contributed by atoms with E-state index in [9.17, 15) is 5.11 Å². The summed E-state index contributed by atoms with van der Waals surface area (Å²) in [7, 11) is 0. The van der Waals surface area contributed by atoms with Gasteiger partial charge in [-0.1, -0.05) is 6.07 Å². The van der Waals surface area contributed by atoms with Gasteiger partial charge in [-0.05, 0) is 25.8 Å². The molecule has 0 radical (unpaired) electrons. The smallest absolute Gasteiger partial charge is 0.227 e. The minimum atomic E-state index is -0.612. The summed E-state index contributed by atoms with van der Waals surface area (Å²) in [5.41, 5.74) is 1.72. The maximum atomic E-state index is 10.2. The molecule has 3 rings (SSSR count). The van der Waals surface area contributed by atoms with Gasteiger partial charge in [-0.3, -0.25) is 4.98 Å². The first-order valence-corrected chi connectivity index (χ1v) is 7.65. The summed E-state index contributed by atoms with van der Waals surface area (Å²) < 4.78 is 0. The highest BCUT2D eigenvalue weighted by Gasteiger charge is 2.16. The van der Waals surface area contributed by atoms with Gasteiger partial charge in [-0.25, -0.2) is 4.98 Å². The van der Waals surface area contributed by atoms with Gasteiger partial charge in [0.25, 0.3) is 0 Å². The third-order valence-corrected chi connectivity index (χ3v) is 3.78. The Morgan fingerprint density at radius 3 is 2.86 bits per heavy atom. The Morgan fingerprint density at radius 2 is 2.14 bits per heavy atom. The normalized spacial score (nSPS) is 15.8. The molecule has 116 valence electrons. The number of hydrogen-bond donors (Lipinski definition) is 2. The topological polar surface area (TPSA) is 74.2 Å². The van der Waals surface area contributed by atoms with Crippen LogP contribution < -0.4 is 10.2 Å². The highest BCUT2D eigenvalue weighted by atomic mass is 16.3. The van der Waals surface area contributed by atoms with Crippen molar-refractivity contribution in [1.82, 2.24) is 15.0 Å². The fourth-order valence-corrected chi connectivity index (χ4v) is 2.59. The molecule has 0 amide bonds. The molecule has 0 unspecified atom stereocenters. The van der Waals surface area contributed by atoms with Crippen molar-refractivity contribution < 1.29 is 5.11 Å². The molecule has 2 N–H and O–H groups in total. The second-order valence-electron chi connectivity index (χ2n) is 5.57. The zero-order valence-electron chi connectivity index (χ0n) is 12.7. The molecule has 2 aromatic heterocycles. The van der Waals surface area contributed by atoms with Crippen molar-refractivity contribution >= 4 is 11.8 Å². The Balaban J connectivity index is 1.67. The molecule has 1 fully saturated rings. The van der Waals surface area contributed by atoms with Gasteiger partial charge in [0.15, 0.2) is 0 Å². The van der Waals surface area contributed by atoms with Crippen molar-refractivity contribution in [3.05, 3.63) is 41.9 Å². The van der Waals surface area contributed by atoms with Crippen LogP contribution in [0.1, 0.15) is 30.2 Å². The van der Waals surface area contributed by atoms with Crippen LogP contribution in [0.15, 0.2) is 30.6 Å². The zero-order chi connectivity index (χ0) is 15.4. The minimum absolute atomic E-state index is 0.390. The molecular formula is C16H21N5O. The van der Waals surface area contributed by atoms with Crippen molar-refractivity contribution in [2.75, 3.05) is 29.9 Å². The summed E-state index contributed by atoms with van der Waals surface area (Å²) in [6, 6.07) is 5.58. The lowest BCUT2D eigenvalue weighted by atomic mass is 10.1. The van der Waals surface area contributed by atoms with Crippen LogP contribution in [0.4, 0.5) is 11.8 Å². The van der Waals surface area contributed by atoms with Crippen LogP contribution in [0.25, 0.3) is 0 Å². The number of nitrogens with one attached hydrogen (secondary N) is 1. The third kappa shape index (κ3) is 3.51. The molecule has 22 heavy (non-hydrogen) atoms. The lowest BCUT2D eigenvalue weighted by Crippen LogP contribution is -2.22. The number of nitrogens with zero attached hydrogens (tertiary/aromatic N) is 4. The summed E-state index contributed by atoms with van der Waals surface area (Å²) in [4.78, 5) is 15.3. The highest BCUT2D eigenvalue weighted by molar-refractivity contribution is 5.44. The molecule has 2 aromatic rings. The monoisotopic (exact) mass is 299 g/mol. The van der Waals surface area contributed by atoms with Crippen LogP contribution in [0.2, 0.25) is 0 Å². The van der Waals surface area contributed by atoms with Crippen molar-refractivity contribution in [2.24, 2.45) is 0 Å². The number of pyridine rings is 1. The van der Waals surface area contributed by atoms with E-state index < -0.39 is 6.10 Å². The number of aliphatic hydroxyl groups excluding tert-OH is 1. The van der Waals surface area contributed by atoms with Gasteiger partial charge in [0.1, 0.15) is 5.82 Å². The third-order valence-electron chi connectivity index (χ3n) is 3.78. The Hall–Kier alpha value is -2.21. The molecule has 0 aliphatic carbocycles. The largest absolute Gasteiger partial charge is 0.387 e. The second kappa shape index (κ2) is 6.70. The number of hydrogen-bond acceptors (Lipinski definition) is 6. The number of aliphatic hydroxyl groups is 1. The van der Waals surface area contributed by atoms with Crippen molar-refractivity contribution in [1.29, 1.82) is 0 Å². The van der Waals surface area contributed by atoms with Crippen LogP contribution >= 0.6 is 0 Å². The van der Waals surface area contributed by atoms with E-state index in [1.165, 1.54) is 12.8 Å². The second-order valence-corrected chi connectivity index (χ2v) is 5.57. The highest BCUT2D eigenvalue weighted by Crippen LogP contribution is 2.19. The van der Waals surface area contributed by atoms with Gasteiger partial charge < -0.3 is 15.3 Å².